The van der Waals surface area contributed by atoms with Gasteiger partial charge < -0.3 is 21.1 Å². The van der Waals surface area contributed by atoms with Gasteiger partial charge in [0.25, 0.3) is 11.7 Å². The normalized spacial score (nSPS) is 10.3. The molecular formula is C8H15N5O4. The van der Waals surface area contributed by atoms with Crippen molar-refractivity contribution in [2.75, 3.05) is 5.32 Å². The number of nitrogens with two attached hydrogens (primary N) is 1. The summed E-state index contributed by atoms with van der Waals surface area (Å²) in [5.41, 5.74) is 4.25. The molecule has 1 heterocycles. The molecule has 0 radical (unpaired) electrons. The highest BCUT2D eigenvalue weighted by molar-refractivity contribution is 5.89. The third kappa shape index (κ3) is 4.93. The van der Waals surface area contributed by atoms with E-state index in [0.29, 0.717) is 0 Å². The second-order valence-electron chi connectivity index (χ2n) is 3.91. The van der Waals surface area contributed by atoms with Crippen LogP contribution in [-0.4, -0.2) is 27.7 Å². The predicted octanol–water partition coefficient (Wildman–Crippen LogP) is 0.677. The number of nitrogens with one attached hydrogen (secondary N) is 1. The van der Waals surface area contributed by atoms with Crippen molar-refractivity contribution in [2.24, 2.45) is 5.73 Å². The highest BCUT2D eigenvalue weighted by Crippen LogP contribution is 2.09. The van der Waals surface area contributed by atoms with E-state index in [9.17, 15) is 9.59 Å². The smallest absolute Gasteiger partial charge is 0.415 e. The topological polar surface area (TPSA) is 155 Å². The Hall–Kier alpha value is -2.16. The van der Waals surface area contributed by atoms with Crippen molar-refractivity contribution in [2.45, 2.75) is 26.4 Å². The van der Waals surface area contributed by atoms with Gasteiger partial charge >= 0.3 is 12.1 Å². The quantitative estimate of drug-likeness (QED) is 0.691. The van der Waals surface area contributed by atoms with E-state index in [1.807, 2.05) is 0 Å². The zero-order chi connectivity index (χ0) is 12.3. The second-order valence-corrected chi connectivity index (χ2v) is 3.91. The molecule has 0 aliphatic rings. The summed E-state index contributed by atoms with van der Waals surface area (Å²) in [6, 6.07) is -0.247. The van der Waals surface area contributed by atoms with Crippen molar-refractivity contribution in [3.05, 3.63) is 5.82 Å². The molecule has 9 nitrogen and oxygen atoms in total. The van der Waals surface area contributed by atoms with E-state index in [1.165, 1.54) is 0 Å². The molecule has 0 aromatic carbocycles. The SMILES string of the molecule is CC(C)(C)OC(=O)Nc1nc(C(N)=O)no1.N. The van der Waals surface area contributed by atoms with E-state index in [2.05, 4.69) is 20.0 Å². The van der Waals surface area contributed by atoms with Crippen molar-refractivity contribution in [3.8, 4) is 0 Å². The molecule has 1 aromatic rings. The largest absolute Gasteiger partial charge is 0.443 e. The summed E-state index contributed by atoms with van der Waals surface area (Å²) in [6.45, 7) is 5.11. The molecule has 0 aliphatic carbocycles. The first-order valence-electron chi connectivity index (χ1n) is 4.41. The van der Waals surface area contributed by atoms with Gasteiger partial charge in [0, 0.05) is 0 Å². The first kappa shape index (κ1) is 14.8. The lowest BCUT2D eigenvalue weighted by Crippen LogP contribution is -2.27. The van der Waals surface area contributed by atoms with Crippen LogP contribution >= 0.6 is 0 Å². The Balaban J connectivity index is 0.00000256. The highest BCUT2D eigenvalue weighted by atomic mass is 16.6. The number of amides is 2. The van der Waals surface area contributed by atoms with Crippen LogP contribution in [0.2, 0.25) is 0 Å². The minimum absolute atomic E-state index is 0. The highest BCUT2D eigenvalue weighted by Gasteiger charge is 2.19. The van der Waals surface area contributed by atoms with Crippen LogP contribution in [0, 0.1) is 0 Å². The lowest BCUT2D eigenvalue weighted by molar-refractivity contribution is 0.0630. The molecule has 0 bridgehead atoms. The number of primary amides is 1. The number of aromatic nitrogens is 2. The predicted molar refractivity (Wildman–Crippen MR) is 57.7 cm³/mol. The Morgan fingerprint density at radius 3 is 2.41 bits per heavy atom. The number of hydrogen-bond acceptors (Lipinski definition) is 7. The third-order valence-electron chi connectivity index (χ3n) is 1.25. The number of carbonyl (C=O) groups is 2. The molecule has 2 amide bonds. The van der Waals surface area contributed by atoms with Gasteiger partial charge in [-0.25, -0.2) is 10.1 Å². The molecule has 0 fully saturated rings. The molecule has 0 atom stereocenters. The average Bonchev–Trinajstić information content (AvgIpc) is 2.48. The number of carbonyl (C=O) groups excluding carboxylic acids is 2. The van der Waals surface area contributed by atoms with Crippen molar-refractivity contribution in [1.82, 2.24) is 16.3 Å². The number of anilines is 1. The lowest BCUT2D eigenvalue weighted by atomic mass is 10.2. The molecule has 6 N–H and O–H groups in total. The van der Waals surface area contributed by atoms with Crippen LogP contribution in [0.5, 0.6) is 0 Å². The monoisotopic (exact) mass is 245 g/mol. The summed E-state index contributed by atoms with van der Waals surface area (Å²) >= 11 is 0. The zero-order valence-corrected chi connectivity index (χ0v) is 9.81. The molecule has 9 heteroatoms. The fourth-order valence-corrected chi connectivity index (χ4v) is 0.765. The average molecular weight is 245 g/mol. The molecule has 0 unspecified atom stereocenters. The van der Waals surface area contributed by atoms with Crippen LogP contribution in [0.4, 0.5) is 10.8 Å². The summed E-state index contributed by atoms with van der Waals surface area (Å²) in [5, 5.41) is 5.40. The van der Waals surface area contributed by atoms with Crippen LogP contribution in [0.25, 0.3) is 0 Å². The van der Waals surface area contributed by atoms with Gasteiger partial charge in [-0.1, -0.05) is 0 Å². The molecule has 17 heavy (non-hydrogen) atoms. The van der Waals surface area contributed by atoms with Crippen LogP contribution in [0.3, 0.4) is 0 Å². The van der Waals surface area contributed by atoms with Crippen LogP contribution in [0.15, 0.2) is 4.52 Å². The Kier molecular flexibility index (Phi) is 4.59. The Morgan fingerprint density at radius 2 is 2.00 bits per heavy atom. The van der Waals surface area contributed by atoms with Gasteiger partial charge in [0.05, 0.1) is 0 Å². The van der Waals surface area contributed by atoms with Crippen LogP contribution < -0.4 is 17.2 Å². The van der Waals surface area contributed by atoms with Crippen LogP contribution in [0.1, 0.15) is 31.4 Å². The summed E-state index contributed by atoms with van der Waals surface area (Å²) in [6.07, 6.45) is -0.757. The van der Waals surface area contributed by atoms with Gasteiger partial charge in [0.1, 0.15) is 5.60 Å². The second kappa shape index (κ2) is 5.25. The fourth-order valence-electron chi connectivity index (χ4n) is 0.765. The minimum Gasteiger partial charge on any atom is -0.443 e. The van der Waals surface area contributed by atoms with E-state index in [0.717, 1.165) is 0 Å². The zero-order valence-electron chi connectivity index (χ0n) is 9.81. The minimum atomic E-state index is -0.846. The summed E-state index contributed by atoms with van der Waals surface area (Å²) < 4.78 is 9.45. The van der Waals surface area contributed by atoms with E-state index < -0.39 is 17.6 Å². The van der Waals surface area contributed by atoms with Crippen molar-refractivity contribution >= 4 is 18.0 Å². The summed E-state index contributed by atoms with van der Waals surface area (Å²) in [5.74, 6) is -1.16. The molecule has 0 saturated heterocycles. The van der Waals surface area contributed by atoms with E-state index >= 15 is 0 Å². The Bertz CT molecular complexity index is 408. The summed E-state index contributed by atoms with van der Waals surface area (Å²) in [7, 11) is 0. The van der Waals surface area contributed by atoms with Crippen molar-refractivity contribution < 1.29 is 18.8 Å². The van der Waals surface area contributed by atoms with Gasteiger partial charge in [0.15, 0.2) is 0 Å². The van der Waals surface area contributed by atoms with Gasteiger partial charge in [-0.15, -0.1) is 0 Å². The van der Waals surface area contributed by atoms with Crippen molar-refractivity contribution in [3.63, 3.8) is 0 Å². The number of ether oxygens (including phenoxy) is 1. The molecular weight excluding hydrogens is 230 g/mol. The van der Waals surface area contributed by atoms with E-state index in [1.54, 1.807) is 20.8 Å². The van der Waals surface area contributed by atoms with Gasteiger partial charge in [-0.05, 0) is 25.9 Å². The maximum atomic E-state index is 11.2. The molecule has 96 valence electrons. The number of rotatable bonds is 2. The van der Waals surface area contributed by atoms with Crippen molar-refractivity contribution in [1.29, 1.82) is 0 Å². The molecule has 0 aliphatic heterocycles. The third-order valence-corrected chi connectivity index (χ3v) is 1.25. The van der Waals surface area contributed by atoms with Gasteiger partial charge in [0.2, 0.25) is 0 Å². The van der Waals surface area contributed by atoms with Gasteiger partial charge in [-0.3, -0.25) is 4.79 Å². The van der Waals surface area contributed by atoms with Crippen LogP contribution in [-0.2, 0) is 4.74 Å². The number of hydrogen-bond donors (Lipinski definition) is 3. The van der Waals surface area contributed by atoms with E-state index in [4.69, 9.17) is 10.5 Å². The lowest BCUT2D eigenvalue weighted by Gasteiger charge is -2.18. The maximum absolute atomic E-state index is 11.2. The molecule has 1 rings (SSSR count). The molecule has 0 spiro atoms. The molecule has 0 saturated carbocycles. The first-order chi connectivity index (χ1) is 7.28. The molecule has 1 aromatic heterocycles. The summed E-state index contributed by atoms with van der Waals surface area (Å²) in [4.78, 5) is 25.4. The standard InChI is InChI=1S/C8H12N4O4.H3N/c1-8(2,3)15-7(14)11-6-10-5(4(9)13)12-16-6;/h1-3H3,(H2,9,13)(H,10,11,12,14);1H3. The Morgan fingerprint density at radius 1 is 1.41 bits per heavy atom. The first-order valence-corrected chi connectivity index (χ1v) is 4.41. The fraction of sp³-hybridized carbons (Fsp3) is 0.500. The van der Waals surface area contributed by atoms with Gasteiger partial charge in [-0.2, -0.15) is 4.98 Å². The number of nitrogens with zero attached hydrogens (tertiary/aromatic N) is 2. The van der Waals surface area contributed by atoms with E-state index in [-0.39, 0.29) is 18.0 Å². The Labute approximate surface area is 97.3 Å². The maximum Gasteiger partial charge on any atom is 0.415 e.